The Morgan fingerprint density at radius 3 is 2.53 bits per heavy atom. The van der Waals surface area contributed by atoms with E-state index < -0.39 is 23.3 Å². The van der Waals surface area contributed by atoms with E-state index in [-0.39, 0.29) is 28.9 Å². The standard InChI is InChI=1S/C22H28N2O5S/c1-12(2)19(30-13(3)25)20(26)23-16-11-14-7-4-5-8-15(14)17-9-6-10-18(22(28)29)24(17)21(16)27/h4-5,7-8,12,16-19H,6,9-11H2,1-3H3,(H,23,26)(H,28,29)/t16-,17?,18-,19+/m0/s1. The largest absolute Gasteiger partial charge is 0.480 e. The minimum atomic E-state index is -1.02. The Kier molecular flexibility index (Phi) is 6.85. The molecule has 2 amide bonds. The summed E-state index contributed by atoms with van der Waals surface area (Å²) in [5.74, 6) is -1.86. The molecule has 2 N–H and O–H groups in total. The molecule has 8 heteroatoms. The van der Waals surface area contributed by atoms with Crippen LogP contribution in [0.5, 0.6) is 0 Å². The molecule has 1 fully saturated rings. The molecule has 0 saturated carbocycles. The van der Waals surface area contributed by atoms with Crippen molar-refractivity contribution >= 4 is 34.7 Å². The molecule has 162 valence electrons. The molecule has 2 heterocycles. The SMILES string of the molecule is CC(=O)S[C@@H](C(=O)N[C@H]1Cc2ccccc2C2CCC[C@@H](C(=O)O)N2C1=O)C(C)C. The van der Waals surface area contributed by atoms with Gasteiger partial charge < -0.3 is 15.3 Å². The highest BCUT2D eigenvalue weighted by Gasteiger charge is 2.45. The van der Waals surface area contributed by atoms with Crippen molar-refractivity contribution in [2.45, 2.75) is 69.8 Å². The van der Waals surface area contributed by atoms with Crippen LogP contribution in [0.4, 0.5) is 0 Å². The second-order valence-corrected chi connectivity index (χ2v) is 9.60. The number of hydrogen-bond donors (Lipinski definition) is 2. The van der Waals surface area contributed by atoms with E-state index in [1.807, 2.05) is 38.1 Å². The lowest BCUT2D eigenvalue weighted by molar-refractivity contribution is -0.156. The summed E-state index contributed by atoms with van der Waals surface area (Å²) in [6, 6.07) is 5.57. The zero-order chi connectivity index (χ0) is 22.0. The van der Waals surface area contributed by atoms with Gasteiger partial charge in [-0.3, -0.25) is 14.4 Å². The Hall–Kier alpha value is -2.35. The quantitative estimate of drug-likeness (QED) is 0.741. The molecule has 2 aliphatic rings. The highest BCUT2D eigenvalue weighted by molar-refractivity contribution is 8.14. The third kappa shape index (κ3) is 4.53. The number of aliphatic carboxylic acids is 1. The molecular formula is C22H28N2O5S. The van der Waals surface area contributed by atoms with Gasteiger partial charge >= 0.3 is 5.97 Å². The van der Waals surface area contributed by atoms with Crippen molar-refractivity contribution in [3.63, 3.8) is 0 Å². The van der Waals surface area contributed by atoms with Crippen LogP contribution in [0.15, 0.2) is 24.3 Å². The fraction of sp³-hybridized carbons (Fsp3) is 0.545. The normalized spacial score (nSPS) is 24.5. The molecular weight excluding hydrogens is 404 g/mol. The van der Waals surface area contributed by atoms with Crippen molar-refractivity contribution in [1.82, 2.24) is 10.2 Å². The number of hydrogen-bond acceptors (Lipinski definition) is 5. The summed E-state index contributed by atoms with van der Waals surface area (Å²) in [7, 11) is 0. The maximum atomic E-state index is 13.5. The van der Waals surface area contributed by atoms with Crippen LogP contribution in [0, 0.1) is 5.92 Å². The first-order valence-electron chi connectivity index (χ1n) is 10.3. The van der Waals surface area contributed by atoms with E-state index in [0.717, 1.165) is 29.3 Å². The van der Waals surface area contributed by atoms with Crippen molar-refractivity contribution in [3.8, 4) is 0 Å². The van der Waals surface area contributed by atoms with Crippen LogP contribution in [0.1, 0.15) is 57.2 Å². The second-order valence-electron chi connectivity index (χ2n) is 8.28. The van der Waals surface area contributed by atoms with E-state index in [1.165, 1.54) is 11.8 Å². The van der Waals surface area contributed by atoms with Gasteiger partial charge in [-0.1, -0.05) is 49.9 Å². The van der Waals surface area contributed by atoms with Crippen molar-refractivity contribution < 1.29 is 24.3 Å². The number of amides is 2. The lowest BCUT2D eigenvalue weighted by atomic mass is 9.89. The van der Waals surface area contributed by atoms with E-state index in [1.54, 1.807) is 0 Å². The van der Waals surface area contributed by atoms with Crippen LogP contribution in [0.25, 0.3) is 0 Å². The average molecular weight is 433 g/mol. The Morgan fingerprint density at radius 1 is 1.20 bits per heavy atom. The predicted molar refractivity (Wildman–Crippen MR) is 114 cm³/mol. The summed E-state index contributed by atoms with van der Waals surface area (Å²) in [6.45, 7) is 5.12. The van der Waals surface area contributed by atoms with Crippen molar-refractivity contribution in [2.24, 2.45) is 5.92 Å². The number of thioether (sulfide) groups is 1. The molecule has 0 bridgehead atoms. The van der Waals surface area contributed by atoms with E-state index in [4.69, 9.17) is 0 Å². The zero-order valence-electron chi connectivity index (χ0n) is 17.5. The number of fused-ring (bicyclic) bond motifs is 3. The molecule has 2 aliphatic heterocycles. The van der Waals surface area contributed by atoms with Gasteiger partial charge in [-0.05, 0) is 36.3 Å². The summed E-state index contributed by atoms with van der Waals surface area (Å²) in [4.78, 5) is 51.4. The zero-order valence-corrected chi connectivity index (χ0v) is 18.3. The number of piperidine rings is 1. The first kappa shape index (κ1) is 22.3. The fourth-order valence-electron chi connectivity index (χ4n) is 4.43. The summed E-state index contributed by atoms with van der Waals surface area (Å²) in [5, 5.41) is 11.8. The Morgan fingerprint density at radius 2 is 1.90 bits per heavy atom. The van der Waals surface area contributed by atoms with Gasteiger partial charge in [-0.15, -0.1) is 0 Å². The summed E-state index contributed by atoms with van der Waals surface area (Å²) in [5.41, 5.74) is 1.89. The second kappa shape index (κ2) is 9.20. The lowest BCUT2D eigenvalue weighted by Crippen LogP contribution is -2.56. The minimum absolute atomic E-state index is 0.0958. The number of carboxylic acids is 1. The number of benzene rings is 1. The highest BCUT2D eigenvalue weighted by Crippen LogP contribution is 2.39. The monoisotopic (exact) mass is 432 g/mol. The van der Waals surface area contributed by atoms with Gasteiger partial charge in [0.2, 0.25) is 11.8 Å². The number of carboxylic acid groups (broad SMARTS) is 1. The first-order valence-corrected chi connectivity index (χ1v) is 11.2. The molecule has 4 atom stereocenters. The molecule has 1 unspecified atom stereocenters. The third-order valence-electron chi connectivity index (χ3n) is 5.78. The van der Waals surface area contributed by atoms with Crippen LogP contribution in [0.2, 0.25) is 0 Å². The lowest BCUT2D eigenvalue weighted by Gasteiger charge is -2.40. The molecule has 0 radical (unpaired) electrons. The molecule has 1 saturated heterocycles. The van der Waals surface area contributed by atoms with Gasteiger partial charge in [0.15, 0.2) is 5.12 Å². The molecule has 7 nitrogen and oxygen atoms in total. The van der Waals surface area contributed by atoms with Gasteiger partial charge in [0.05, 0.1) is 11.3 Å². The van der Waals surface area contributed by atoms with Gasteiger partial charge in [0.1, 0.15) is 12.1 Å². The molecule has 1 aromatic rings. The number of nitrogens with zero attached hydrogens (tertiary/aromatic N) is 1. The van der Waals surface area contributed by atoms with Crippen LogP contribution in [0.3, 0.4) is 0 Å². The fourth-order valence-corrected chi connectivity index (χ4v) is 5.23. The molecule has 1 aromatic carbocycles. The summed E-state index contributed by atoms with van der Waals surface area (Å²) < 4.78 is 0. The molecule has 0 aliphatic carbocycles. The topological polar surface area (TPSA) is 104 Å². The smallest absolute Gasteiger partial charge is 0.326 e. The number of carbonyl (C=O) groups is 4. The predicted octanol–water partition coefficient (Wildman–Crippen LogP) is 2.54. The highest BCUT2D eigenvalue weighted by atomic mass is 32.2. The van der Waals surface area contributed by atoms with Gasteiger partial charge in [-0.2, -0.15) is 0 Å². The van der Waals surface area contributed by atoms with Gasteiger partial charge in [0.25, 0.3) is 0 Å². The van der Waals surface area contributed by atoms with E-state index in [9.17, 15) is 24.3 Å². The van der Waals surface area contributed by atoms with Gasteiger partial charge in [-0.25, -0.2) is 4.79 Å². The Labute approximate surface area is 180 Å². The molecule has 0 aromatic heterocycles. The molecule has 0 spiro atoms. The summed E-state index contributed by atoms with van der Waals surface area (Å²) >= 11 is 0.955. The maximum absolute atomic E-state index is 13.5. The minimum Gasteiger partial charge on any atom is -0.480 e. The van der Waals surface area contributed by atoms with E-state index in [2.05, 4.69) is 5.32 Å². The Balaban J connectivity index is 1.95. The summed E-state index contributed by atoms with van der Waals surface area (Å²) in [6.07, 6.45) is 2.12. The van der Waals surface area contributed by atoms with Crippen molar-refractivity contribution in [3.05, 3.63) is 35.4 Å². The number of carbonyl (C=O) groups excluding carboxylic acids is 3. The third-order valence-corrected chi connectivity index (χ3v) is 7.12. The number of rotatable bonds is 5. The van der Waals surface area contributed by atoms with Gasteiger partial charge in [0, 0.05) is 13.3 Å². The van der Waals surface area contributed by atoms with Crippen molar-refractivity contribution in [1.29, 1.82) is 0 Å². The molecule has 3 rings (SSSR count). The van der Waals surface area contributed by atoms with Crippen molar-refractivity contribution in [2.75, 3.05) is 0 Å². The van der Waals surface area contributed by atoms with Crippen LogP contribution in [-0.4, -0.2) is 50.2 Å². The first-order chi connectivity index (χ1) is 14.2. The van der Waals surface area contributed by atoms with E-state index in [0.29, 0.717) is 19.3 Å². The van der Waals surface area contributed by atoms with Crippen LogP contribution >= 0.6 is 11.8 Å². The number of nitrogens with one attached hydrogen (secondary N) is 1. The average Bonchev–Trinajstić information content (AvgIpc) is 2.81. The van der Waals surface area contributed by atoms with E-state index >= 15 is 0 Å². The maximum Gasteiger partial charge on any atom is 0.326 e. The molecule has 30 heavy (non-hydrogen) atoms. The van der Waals surface area contributed by atoms with Crippen LogP contribution < -0.4 is 5.32 Å². The Bertz CT molecular complexity index is 856. The van der Waals surface area contributed by atoms with Crippen LogP contribution in [-0.2, 0) is 25.6 Å².